The van der Waals surface area contributed by atoms with Crippen LogP contribution in [0.3, 0.4) is 0 Å². The number of fused-ring (bicyclic) bond motifs is 1. The van der Waals surface area contributed by atoms with Crippen molar-refractivity contribution < 1.29 is 19.4 Å². The molecular formula is C43H42N4O4. The maximum Gasteiger partial charge on any atom is 0.271 e. The molecule has 1 saturated heterocycles. The molecule has 0 unspecified atom stereocenters. The average molecular weight is 679 g/mol. The minimum Gasteiger partial charge on any atom is -0.392 e. The molecule has 1 aliphatic heterocycles. The third-order valence-electron chi connectivity index (χ3n) is 9.60. The van der Waals surface area contributed by atoms with Gasteiger partial charge in [0, 0.05) is 31.1 Å². The molecule has 7 rings (SSSR count). The zero-order chi connectivity index (χ0) is 35.2. The largest absolute Gasteiger partial charge is 0.392 e. The fourth-order valence-electron chi connectivity index (χ4n) is 6.56. The number of aliphatic hydroxyl groups excluding tert-OH is 1. The summed E-state index contributed by atoms with van der Waals surface area (Å²) in [5, 5.41) is 12.6. The first kappa shape index (κ1) is 34.2. The highest BCUT2D eigenvalue weighted by Crippen LogP contribution is 2.39. The third-order valence-corrected chi connectivity index (χ3v) is 9.60. The second-order valence-electron chi connectivity index (χ2n) is 13.1. The first-order valence-corrected chi connectivity index (χ1v) is 17.4. The number of rotatable bonds is 11. The van der Waals surface area contributed by atoms with Crippen LogP contribution >= 0.6 is 0 Å². The van der Waals surface area contributed by atoms with Crippen LogP contribution < -0.4 is 5.32 Å². The van der Waals surface area contributed by atoms with Crippen molar-refractivity contribution >= 4 is 16.9 Å². The molecule has 1 amide bonds. The van der Waals surface area contributed by atoms with Crippen molar-refractivity contribution in [2.24, 2.45) is 0 Å². The molecule has 258 valence electrons. The molecule has 2 heterocycles. The van der Waals surface area contributed by atoms with Crippen LogP contribution in [-0.4, -0.2) is 45.6 Å². The highest BCUT2D eigenvalue weighted by molar-refractivity contribution is 5.93. The monoisotopic (exact) mass is 678 g/mol. The minimum atomic E-state index is -0.572. The predicted molar refractivity (Wildman–Crippen MR) is 198 cm³/mol. The highest BCUT2D eigenvalue weighted by atomic mass is 16.7. The molecule has 5 aromatic carbocycles. The Balaban J connectivity index is 1.08. The van der Waals surface area contributed by atoms with Gasteiger partial charge < -0.3 is 19.9 Å². The molecule has 8 heteroatoms. The molecule has 0 spiro atoms. The SMILES string of the molecule is C[C@@H](c1ccccc1)N(C)C[C@H]1C[C@@H](c2ccc(CO)cc2)O[C@@H](c2cccc(-c3cccc(CNC(=O)c4cnc5ccccc5n4)c3)c2)O1. The van der Waals surface area contributed by atoms with E-state index >= 15 is 0 Å². The molecule has 8 nitrogen and oxygen atoms in total. The first-order chi connectivity index (χ1) is 24.9. The van der Waals surface area contributed by atoms with Crippen LogP contribution in [0.1, 0.15) is 70.1 Å². The van der Waals surface area contributed by atoms with Gasteiger partial charge in [0.15, 0.2) is 6.29 Å². The van der Waals surface area contributed by atoms with E-state index in [1.54, 1.807) is 0 Å². The van der Waals surface area contributed by atoms with Gasteiger partial charge in [0.1, 0.15) is 5.69 Å². The van der Waals surface area contributed by atoms with E-state index < -0.39 is 6.29 Å². The number of aromatic nitrogens is 2. The van der Waals surface area contributed by atoms with E-state index in [4.69, 9.17) is 9.47 Å². The molecule has 2 N–H and O–H groups in total. The van der Waals surface area contributed by atoms with Crippen LogP contribution in [0, 0.1) is 0 Å². The van der Waals surface area contributed by atoms with Crippen LogP contribution in [0.15, 0.2) is 134 Å². The maximum absolute atomic E-state index is 12.9. The molecule has 0 saturated carbocycles. The number of para-hydroxylation sites is 2. The van der Waals surface area contributed by atoms with Gasteiger partial charge in [-0.05, 0) is 71.6 Å². The third kappa shape index (κ3) is 8.22. The Morgan fingerprint density at radius 2 is 1.55 bits per heavy atom. The number of hydrogen-bond acceptors (Lipinski definition) is 7. The fourth-order valence-corrected chi connectivity index (χ4v) is 6.56. The number of carbonyl (C=O) groups excluding carboxylic acids is 1. The summed E-state index contributed by atoms with van der Waals surface area (Å²) >= 11 is 0. The zero-order valence-corrected chi connectivity index (χ0v) is 28.9. The number of amides is 1. The van der Waals surface area contributed by atoms with Crippen molar-refractivity contribution in [3.63, 3.8) is 0 Å². The number of ether oxygens (including phenoxy) is 2. The zero-order valence-electron chi connectivity index (χ0n) is 28.9. The summed E-state index contributed by atoms with van der Waals surface area (Å²) in [6.45, 7) is 3.31. The number of benzene rings is 5. The lowest BCUT2D eigenvalue weighted by Gasteiger charge is -2.39. The molecule has 1 aliphatic rings. The first-order valence-electron chi connectivity index (χ1n) is 17.4. The van der Waals surface area contributed by atoms with E-state index in [9.17, 15) is 9.90 Å². The van der Waals surface area contributed by atoms with Gasteiger partial charge in [-0.2, -0.15) is 0 Å². The lowest BCUT2D eigenvalue weighted by Crippen LogP contribution is -2.38. The molecule has 51 heavy (non-hydrogen) atoms. The van der Waals surface area contributed by atoms with E-state index in [-0.39, 0.29) is 36.5 Å². The summed E-state index contributed by atoms with van der Waals surface area (Å²) in [7, 11) is 2.14. The van der Waals surface area contributed by atoms with Gasteiger partial charge in [0.05, 0.1) is 36.0 Å². The standard InChI is InChI=1S/C43H42N4O4/c1-29(32-11-4-3-5-12-32)47(2)27-37-24-41(33-20-18-30(28-48)19-21-33)51-43(50-37)36-15-9-14-35(23-36)34-13-8-10-31(22-34)25-45-42(49)40-26-44-38-16-6-7-17-39(38)46-40/h3-23,26,29,37,41,43,48H,24-25,27-28H2,1-2H3,(H,45,49)/t29-,37+,41-,43-/m0/s1. The molecular weight excluding hydrogens is 636 g/mol. The van der Waals surface area contributed by atoms with Gasteiger partial charge in [-0.25, -0.2) is 4.98 Å². The summed E-state index contributed by atoms with van der Waals surface area (Å²) < 4.78 is 13.4. The van der Waals surface area contributed by atoms with Crippen LogP contribution in [-0.2, 0) is 22.6 Å². The van der Waals surface area contributed by atoms with Crippen LogP contribution in [0.4, 0.5) is 0 Å². The molecule has 0 aliphatic carbocycles. The molecule has 1 fully saturated rings. The Bertz CT molecular complexity index is 2090. The average Bonchev–Trinajstić information content (AvgIpc) is 3.19. The highest BCUT2D eigenvalue weighted by Gasteiger charge is 2.33. The quantitative estimate of drug-likeness (QED) is 0.144. The van der Waals surface area contributed by atoms with Gasteiger partial charge in [-0.15, -0.1) is 0 Å². The molecule has 0 bridgehead atoms. The van der Waals surface area contributed by atoms with E-state index in [0.29, 0.717) is 18.5 Å². The second kappa shape index (κ2) is 15.7. The van der Waals surface area contributed by atoms with Crippen molar-refractivity contribution in [3.8, 4) is 11.1 Å². The Kier molecular flexibility index (Phi) is 10.6. The smallest absolute Gasteiger partial charge is 0.271 e. The Labute approximate surface area is 298 Å². The van der Waals surface area contributed by atoms with Crippen molar-refractivity contribution in [3.05, 3.63) is 167 Å². The molecule has 0 radical (unpaired) electrons. The minimum absolute atomic E-state index is 0.00182. The van der Waals surface area contributed by atoms with Crippen molar-refractivity contribution in [2.75, 3.05) is 13.6 Å². The fraction of sp³-hybridized carbons (Fsp3) is 0.233. The van der Waals surface area contributed by atoms with Gasteiger partial charge >= 0.3 is 0 Å². The van der Waals surface area contributed by atoms with E-state index in [1.165, 1.54) is 11.8 Å². The molecule has 1 aromatic heterocycles. The summed E-state index contributed by atoms with van der Waals surface area (Å²) in [6, 6.07) is 42.6. The Morgan fingerprint density at radius 3 is 2.33 bits per heavy atom. The van der Waals surface area contributed by atoms with Gasteiger partial charge in [-0.1, -0.05) is 103 Å². The lowest BCUT2D eigenvalue weighted by atomic mass is 9.98. The number of aliphatic hydroxyl groups is 1. The van der Waals surface area contributed by atoms with Crippen molar-refractivity contribution in [1.82, 2.24) is 20.2 Å². The summed E-state index contributed by atoms with van der Waals surface area (Å²) in [4.78, 5) is 24.1. The van der Waals surface area contributed by atoms with Crippen LogP contribution in [0.2, 0.25) is 0 Å². The Morgan fingerprint density at radius 1 is 0.824 bits per heavy atom. The van der Waals surface area contributed by atoms with Gasteiger partial charge in [0.25, 0.3) is 5.91 Å². The summed E-state index contributed by atoms with van der Waals surface area (Å²) in [6.07, 6.45) is 1.39. The number of carbonyl (C=O) groups is 1. The number of likely N-dealkylation sites (N-methyl/N-ethyl adjacent to an activating group) is 1. The topological polar surface area (TPSA) is 96.8 Å². The van der Waals surface area contributed by atoms with E-state index in [1.807, 2.05) is 78.9 Å². The predicted octanol–water partition coefficient (Wildman–Crippen LogP) is 7.96. The molecule has 6 aromatic rings. The number of nitrogens with zero attached hydrogens (tertiary/aromatic N) is 3. The van der Waals surface area contributed by atoms with Crippen LogP contribution in [0.25, 0.3) is 22.2 Å². The van der Waals surface area contributed by atoms with Gasteiger partial charge in [0.2, 0.25) is 0 Å². The summed E-state index contributed by atoms with van der Waals surface area (Å²) in [5.41, 5.74) is 8.85. The maximum atomic E-state index is 12.9. The van der Waals surface area contributed by atoms with Crippen LogP contribution in [0.5, 0.6) is 0 Å². The molecule has 4 atom stereocenters. The van der Waals surface area contributed by atoms with Gasteiger partial charge in [-0.3, -0.25) is 14.7 Å². The van der Waals surface area contributed by atoms with Crippen molar-refractivity contribution in [2.45, 2.75) is 51.0 Å². The second-order valence-corrected chi connectivity index (χ2v) is 13.1. The lowest BCUT2D eigenvalue weighted by molar-refractivity contribution is -0.253. The normalized spacial score (nSPS) is 18.1. The number of nitrogens with one attached hydrogen (secondary N) is 1. The van der Waals surface area contributed by atoms with Crippen molar-refractivity contribution in [1.29, 1.82) is 0 Å². The van der Waals surface area contributed by atoms with E-state index in [0.717, 1.165) is 45.4 Å². The number of hydrogen-bond donors (Lipinski definition) is 2. The summed E-state index contributed by atoms with van der Waals surface area (Å²) in [5.74, 6) is -0.272. The Hall–Kier alpha value is -5.25. The van der Waals surface area contributed by atoms with E-state index in [2.05, 4.69) is 82.7 Å².